The van der Waals surface area contributed by atoms with Gasteiger partial charge < -0.3 is 4.74 Å². The van der Waals surface area contributed by atoms with Gasteiger partial charge in [-0.05, 0) is 38.0 Å². The lowest BCUT2D eigenvalue weighted by Gasteiger charge is -2.13. The highest BCUT2D eigenvalue weighted by atomic mass is 32.1. The monoisotopic (exact) mass is 281 g/mol. The van der Waals surface area contributed by atoms with Gasteiger partial charge in [-0.15, -0.1) is 11.3 Å². The first kappa shape index (κ1) is 12.7. The fourth-order valence-corrected chi connectivity index (χ4v) is 3.38. The molecule has 3 rings (SSSR count). The van der Waals surface area contributed by atoms with E-state index in [1.807, 2.05) is 6.92 Å². The van der Waals surface area contributed by atoms with Crippen LogP contribution < -0.4 is 0 Å². The van der Waals surface area contributed by atoms with Crippen molar-refractivity contribution in [1.82, 2.24) is 4.98 Å². The van der Waals surface area contributed by atoms with Gasteiger partial charge in [0.05, 0.1) is 15.6 Å². The van der Waals surface area contributed by atoms with Crippen LogP contribution in [0.3, 0.4) is 0 Å². The van der Waals surface area contributed by atoms with E-state index in [-0.39, 0.29) is 5.60 Å². The standard InChI is InChI=1S/C14H13F2NOS/c1-8-17-12(9-3-4-10(15)11(16)7-9)13(19-8)14(18-2)5-6-14/h3-4,7H,5-6H2,1-2H3. The molecule has 0 amide bonds. The minimum Gasteiger partial charge on any atom is -0.373 e. The highest BCUT2D eigenvalue weighted by Crippen LogP contribution is 2.53. The van der Waals surface area contributed by atoms with E-state index in [2.05, 4.69) is 4.98 Å². The van der Waals surface area contributed by atoms with Gasteiger partial charge in [0.2, 0.25) is 0 Å². The summed E-state index contributed by atoms with van der Waals surface area (Å²) in [5.41, 5.74) is 1.04. The fourth-order valence-electron chi connectivity index (χ4n) is 2.21. The third-order valence-electron chi connectivity index (χ3n) is 3.44. The third-order valence-corrected chi connectivity index (χ3v) is 4.59. The van der Waals surface area contributed by atoms with Gasteiger partial charge in [0.15, 0.2) is 11.6 Å². The Kier molecular flexibility index (Phi) is 2.91. The van der Waals surface area contributed by atoms with Crippen molar-refractivity contribution in [3.63, 3.8) is 0 Å². The van der Waals surface area contributed by atoms with Crippen LogP contribution in [0.1, 0.15) is 22.7 Å². The van der Waals surface area contributed by atoms with Gasteiger partial charge in [-0.25, -0.2) is 13.8 Å². The summed E-state index contributed by atoms with van der Waals surface area (Å²) in [5, 5.41) is 0.901. The molecule has 100 valence electrons. The molecule has 0 saturated heterocycles. The summed E-state index contributed by atoms with van der Waals surface area (Å²) in [4.78, 5) is 5.47. The Bertz CT molecular complexity index is 634. The number of methoxy groups -OCH3 is 1. The molecule has 1 aliphatic rings. The highest BCUT2D eigenvalue weighted by molar-refractivity contribution is 7.12. The van der Waals surface area contributed by atoms with E-state index in [4.69, 9.17) is 4.74 Å². The van der Waals surface area contributed by atoms with E-state index in [0.717, 1.165) is 28.8 Å². The Morgan fingerprint density at radius 3 is 2.58 bits per heavy atom. The van der Waals surface area contributed by atoms with Crippen LogP contribution in [0.2, 0.25) is 0 Å². The maximum atomic E-state index is 13.4. The number of ether oxygens (including phenoxy) is 1. The number of aromatic nitrogens is 1. The van der Waals surface area contributed by atoms with Crippen molar-refractivity contribution in [3.8, 4) is 11.3 Å². The first-order chi connectivity index (χ1) is 9.05. The van der Waals surface area contributed by atoms with Gasteiger partial charge in [-0.1, -0.05) is 0 Å². The maximum Gasteiger partial charge on any atom is 0.159 e. The molecular weight excluding hydrogens is 268 g/mol. The van der Waals surface area contributed by atoms with Gasteiger partial charge in [-0.2, -0.15) is 0 Å². The van der Waals surface area contributed by atoms with Gasteiger partial charge >= 0.3 is 0 Å². The summed E-state index contributed by atoms with van der Waals surface area (Å²) in [6.07, 6.45) is 1.89. The number of halogens is 2. The molecule has 0 radical (unpaired) electrons. The highest BCUT2D eigenvalue weighted by Gasteiger charge is 2.48. The van der Waals surface area contributed by atoms with E-state index in [1.54, 1.807) is 24.5 Å². The van der Waals surface area contributed by atoms with Crippen molar-refractivity contribution in [1.29, 1.82) is 0 Å². The molecule has 1 aromatic heterocycles. The zero-order valence-corrected chi connectivity index (χ0v) is 11.5. The van der Waals surface area contributed by atoms with Crippen LogP contribution in [0, 0.1) is 18.6 Å². The number of nitrogens with zero attached hydrogens (tertiary/aromatic N) is 1. The second kappa shape index (κ2) is 4.35. The Hall–Kier alpha value is -1.33. The van der Waals surface area contributed by atoms with E-state index < -0.39 is 11.6 Å². The zero-order valence-electron chi connectivity index (χ0n) is 10.7. The van der Waals surface area contributed by atoms with Crippen LogP contribution in [0.4, 0.5) is 8.78 Å². The predicted molar refractivity (Wildman–Crippen MR) is 70.1 cm³/mol. The van der Waals surface area contributed by atoms with Crippen molar-refractivity contribution in [2.75, 3.05) is 7.11 Å². The summed E-state index contributed by atoms with van der Waals surface area (Å²) in [6.45, 7) is 1.91. The number of benzene rings is 1. The van der Waals surface area contributed by atoms with Gasteiger partial charge in [0, 0.05) is 12.7 Å². The third kappa shape index (κ3) is 2.07. The molecule has 2 aromatic rings. The molecule has 0 bridgehead atoms. The SMILES string of the molecule is COC1(c2sc(C)nc2-c2ccc(F)c(F)c2)CC1. The van der Waals surface area contributed by atoms with Crippen molar-refractivity contribution >= 4 is 11.3 Å². The number of aryl methyl sites for hydroxylation is 1. The molecule has 1 saturated carbocycles. The van der Waals surface area contributed by atoms with Crippen molar-refractivity contribution < 1.29 is 13.5 Å². The number of thiazole rings is 1. The van der Waals surface area contributed by atoms with Crippen LogP contribution in [-0.4, -0.2) is 12.1 Å². The molecule has 0 atom stereocenters. The van der Waals surface area contributed by atoms with E-state index in [9.17, 15) is 8.78 Å². The molecule has 0 N–H and O–H groups in total. The first-order valence-corrected chi connectivity index (χ1v) is 6.86. The summed E-state index contributed by atoms with van der Waals surface area (Å²) >= 11 is 1.56. The largest absolute Gasteiger partial charge is 0.373 e. The average molecular weight is 281 g/mol. The normalized spacial score (nSPS) is 16.6. The van der Waals surface area contributed by atoms with E-state index >= 15 is 0 Å². The molecular formula is C14H13F2NOS. The number of hydrogen-bond acceptors (Lipinski definition) is 3. The molecule has 2 nitrogen and oxygen atoms in total. The maximum absolute atomic E-state index is 13.4. The van der Waals surface area contributed by atoms with Gasteiger partial charge in [-0.3, -0.25) is 0 Å². The minimum absolute atomic E-state index is 0.272. The zero-order chi connectivity index (χ0) is 13.6. The second-order valence-electron chi connectivity index (χ2n) is 4.74. The lowest BCUT2D eigenvalue weighted by atomic mass is 10.1. The Morgan fingerprint density at radius 1 is 1.26 bits per heavy atom. The van der Waals surface area contributed by atoms with Crippen LogP contribution >= 0.6 is 11.3 Å². The quantitative estimate of drug-likeness (QED) is 0.847. The molecule has 0 aliphatic heterocycles. The van der Waals surface area contributed by atoms with Crippen molar-refractivity contribution in [2.45, 2.75) is 25.4 Å². The lowest BCUT2D eigenvalue weighted by molar-refractivity contribution is 0.0823. The summed E-state index contributed by atoms with van der Waals surface area (Å²) in [5.74, 6) is -1.69. The Balaban J connectivity index is 2.12. The van der Waals surface area contributed by atoms with Crippen molar-refractivity contribution in [2.24, 2.45) is 0 Å². The Labute approximate surface area is 114 Å². The topological polar surface area (TPSA) is 22.1 Å². The van der Waals surface area contributed by atoms with E-state index in [0.29, 0.717) is 11.3 Å². The predicted octanol–water partition coefficient (Wildman–Crippen LogP) is 4.03. The summed E-state index contributed by atoms with van der Waals surface area (Å²) in [7, 11) is 1.68. The molecule has 1 heterocycles. The molecule has 1 aliphatic carbocycles. The van der Waals surface area contributed by atoms with Gasteiger partial charge in [0.1, 0.15) is 5.60 Å². The fraction of sp³-hybridized carbons (Fsp3) is 0.357. The van der Waals surface area contributed by atoms with Crippen LogP contribution in [-0.2, 0) is 10.3 Å². The molecule has 0 unspecified atom stereocenters. The summed E-state index contributed by atoms with van der Waals surface area (Å²) in [6, 6.07) is 3.89. The average Bonchev–Trinajstić information content (AvgIpc) is 3.10. The lowest BCUT2D eigenvalue weighted by Crippen LogP contribution is -2.08. The first-order valence-electron chi connectivity index (χ1n) is 6.04. The van der Waals surface area contributed by atoms with Gasteiger partial charge in [0.25, 0.3) is 0 Å². The molecule has 1 fully saturated rings. The number of hydrogen-bond donors (Lipinski definition) is 0. The second-order valence-corrected chi connectivity index (χ2v) is 5.94. The summed E-state index contributed by atoms with van der Waals surface area (Å²) < 4.78 is 31.9. The van der Waals surface area contributed by atoms with Crippen molar-refractivity contribution in [3.05, 3.63) is 39.7 Å². The smallest absolute Gasteiger partial charge is 0.159 e. The molecule has 1 aromatic carbocycles. The molecule has 5 heteroatoms. The number of rotatable bonds is 3. The van der Waals surface area contributed by atoms with E-state index in [1.165, 1.54) is 6.07 Å². The van der Waals surface area contributed by atoms with Crippen LogP contribution in [0.25, 0.3) is 11.3 Å². The van der Waals surface area contributed by atoms with Crippen LogP contribution in [0.15, 0.2) is 18.2 Å². The van der Waals surface area contributed by atoms with Crippen LogP contribution in [0.5, 0.6) is 0 Å². The minimum atomic E-state index is -0.851. The molecule has 0 spiro atoms. The Morgan fingerprint density at radius 2 is 2.00 bits per heavy atom. The molecule has 19 heavy (non-hydrogen) atoms.